The molecule has 0 saturated carbocycles. The van der Waals surface area contributed by atoms with Gasteiger partial charge in [0.15, 0.2) is 17.4 Å². The lowest BCUT2D eigenvalue weighted by molar-refractivity contribution is 0.289. The van der Waals surface area contributed by atoms with Crippen molar-refractivity contribution in [3.8, 4) is 17.4 Å². The number of anilines is 1. The van der Waals surface area contributed by atoms with E-state index in [0.717, 1.165) is 17.7 Å². The van der Waals surface area contributed by atoms with Crippen molar-refractivity contribution in [2.45, 2.75) is 45.5 Å². The minimum atomic E-state index is -0.874. The number of rotatable bonds is 5. The smallest absolute Gasteiger partial charge is 0.352 e. The molecule has 2 aliphatic heterocycles. The van der Waals surface area contributed by atoms with Crippen molar-refractivity contribution in [1.82, 2.24) is 9.55 Å². The highest BCUT2D eigenvalue weighted by Crippen LogP contribution is 2.40. The molecule has 6 nitrogen and oxygen atoms in total. The Hall–Kier alpha value is -3.39. The number of ether oxygens (including phenoxy) is 2. The van der Waals surface area contributed by atoms with Crippen LogP contribution in [-0.4, -0.2) is 21.1 Å². The Kier molecular flexibility index (Phi) is 5.36. The van der Waals surface area contributed by atoms with Gasteiger partial charge in [0.1, 0.15) is 18.2 Å². The molecule has 0 fully saturated rings. The number of aryl methyl sites for hydroxylation is 1. The standard InChI is InChI=1S/C25H22ClF2N3O3/c1-14-8-17(4-5-18(14)26)34-23-19(27)9-16(10-20(23)28)12-33-21-11-22-30(24(32)29-21)13-25(3)7-6-15(2)31(22)25/h4-11,15H,12-13H2,1-3H3. The van der Waals surface area contributed by atoms with Gasteiger partial charge in [-0.15, -0.1) is 0 Å². The Balaban J connectivity index is 1.34. The van der Waals surface area contributed by atoms with E-state index in [1.807, 2.05) is 6.92 Å². The Morgan fingerprint density at radius 1 is 1.21 bits per heavy atom. The number of nitrogens with zero attached hydrogens (tertiary/aromatic N) is 3. The zero-order valence-electron chi connectivity index (χ0n) is 18.8. The molecule has 34 heavy (non-hydrogen) atoms. The van der Waals surface area contributed by atoms with Crippen molar-refractivity contribution in [2.24, 2.45) is 0 Å². The van der Waals surface area contributed by atoms with E-state index in [9.17, 15) is 13.6 Å². The van der Waals surface area contributed by atoms with E-state index in [1.165, 1.54) is 6.07 Å². The quantitative estimate of drug-likeness (QED) is 0.453. The van der Waals surface area contributed by atoms with Gasteiger partial charge in [-0.05, 0) is 62.2 Å². The SMILES string of the molecule is Cc1cc(Oc2c(F)cc(COc3cc4n(c(=O)n3)CC3(C)C=CC(C)N43)cc2F)ccc1Cl. The normalized spacial score (nSPS) is 20.4. The van der Waals surface area contributed by atoms with E-state index in [4.69, 9.17) is 21.1 Å². The van der Waals surface area contributed by atoms with Crippen molar-refractivity contribution in [3.05, 3.63) is 86.8 Å². The van der Waals surface area contributed by atoms with Gasteiger partial charge >= 0.3 is 5.69 Å². The van der Waals surface area contributed by atoms with Crippen LogP contribution in [0.4, 0.5) is 14.6 Å². The van der Waals surface area contributed by atoms with E-state index in [0.29, 0.717) is 17.4 Å². The lowest BCUT2D eigenvalue weighted by Gasteiger charge is -2.31. The summed E-state index contributed by atoms with van der Waals surface area (Å²) in [4.78, 5) is 18.7. The largest absolute Gasteiger partial charge is 0.473 e. The molecule has 9 heteroatoms. The number of benzene rings is 2. The number of fused-ring (bicyclic) bond motifs is 3. The van der Waals surface area contributed by atoms with E-state index < -0.39 is 23.1 Å². The summed E-state index contributed by atoms with van der Waals surface area (Å²) in [5.74, 6) is -1.20. The fraction of sp³-hybridized carbons (Fsp3) is 0.280. The highest BCUT2D eigenvalue weighted by Gasteiger charge is 2.44. The van der Waals surface area contributed by atoms with Gasteiger partial charge in [0.2, 0.25) is 5.88 Å². The third kappa shape index (κ3) is 3.81. The lowest BCUT2D eigenvalue weighted by atomic mass is 10.0. The average molecular weight is 486 g/mol. The maximum atomic E-state index is 14.6. The van der Waals surface area contributed by atoms with Crippen molar-refractivity contribution >= 4 is 17.4 Å². The van der Waals surface area contributed by atoms with Crippen molar-refractivity contribution in [2.75, 3.05) is 4.90 Å². The van der Waals surface area contributed by atoms with Gasteiger partial charge in [-0.3, -0.25) is 4.57 Å². The number of aromatic nitrogens is 2. The molecule has 2 unspecified atom stereocenters. The Labute approximate surface area is 200 Å². The van der Waals surface area contributed by atoms with Crippen molar-refractivity contribution in [3.63, 3.8) is 0 Å². The summed E-state index contributed by atoms with van der Waals surface area (Å²) in [5, 5.41) is 0.528. The molecule has 176 valence electrons. The first kappa shape index (κ1) is 22.4. The topological polar surface area (TPSA) is 56.6 Å². The van der Waals surface area contributed by atoms with Gasteiger partial charge in [0.05, 0.1) is 12.1 Å². The third-order valence-electron chi connectivity index (χ3n) is 6.18. The van der Waals surface area contributed by atoms with E-state index >= 15 is 0 Å². The maximum absolute atomic E-state index is 14.6. The molecule has 0 aliphatic carbocycles. The van der Waals surface area contributed by atoms with Crippen LogP contribution in [0.3, 0.4) is 0 Å². The molecular formula is C25H22ClF2N3O3. The van der Waals surface area contributed by atoms with Gasteiger partial charge in [-0.25, -0.2) is 13.6 Å². The van der Waals surface area contributed by atoms with Gasteiger partial charge in [-0.1, -0.05) is 23.8 Å². The third-order valence-corrected chi connectivity index (χ3v) is 6.60. The first-order chi connectivity index (χ1) is 16.1. The minimum absolute atomic E-state index is 0.0948. The average Bonchev–Trinajstić information content (AvgIpc) is 3.24. The molecule has 2 aliphatic rings. The second-order valence-corrected chi connectivity index (χ2v) is 9.25. The summed E-state index contributed by atoms with van der Waals surface area (Å²) in [7, 11) is 0. The molecule has 3 aromatic rings. The molecule has 0 amide bonds. The monoisotopic (exact) mass is 485 g/mol. The molecular weight excluding hydrogens is 464 g/mol. The van der Waals surface area contributed by atoms with E-state index in [2.05, 4.69) is 29.0 Å². The van der Waals surface area contributed by atoms with Crippen LogP contribution < -0.4 is 20.1 Å². The van der Waals surface area contributed by atoms with Crippen LogP contribution in [0.5, 0.6) is 17.4 Å². The van der Waals surface area contributed by atoms with E-state index in [-0.39, 0.29) is 35.4 Å². The first-order valence-corrected chi connectivity index (χ1v) is 11.2. The molecule has 0 bridgehead atoms. The van der Waals surface area contributed by atoms with Gasteiger partial charge < -0.3 is 14.4 Å². The summed E-state index contributed by atoms with van der Waals surface area (Å²) in [5.41, 5.74) is 0.236. The predicted octanol–water partition coefficient (Wildman–Crippen LogP) is 5.39. The fourth-order valence-electron chi connectivity index (χ4n) is 4.54. The van der Waals surface area contributed by atoms with Gasteiger partial charge in [0.25, 0.3) is 0 Å². The van der Waals surface area contributed by atoms with Crippen LogP contribution >= 0.6 is 11.6 Å². The summed E-state index contributed by atoms with van der Waals surface area (Å²) in [6, 6.07) is 8.79. The molecule has 0 radical (unpaired) electrons. The van der Waals surface area contributed by atoms with Crippen LogP contribution in [-0.2, 0) is 13.2 Å². The first-order valence-electron chi connectivity index (χ1n) is 10.8. The van der Waals surface area contributed by atoms with Crippen LogP contribution in [0.1, 0.15) is 25.0 Å². The van der Waals surface area contributed by atoms with Crippen LogP contribution in [0.15, 0.2) is 53.3 Å². The number of hydrogen-bond acceptors (Lipinski definition) is 5. The fourth-order valence-corrected chi connectivity index (χ4v) is 4.66. The van der Waals surface area contributed by atoms with Crippen LogP contribution in [0.2, 0.25) is 5.02 Å². The van der Waals surface area contributed by atoms with Crippen LogP contribution in [0.25, 0.3) is 0 Å². The molecule has 0 saturated heterocycles. The molecule has 0 spiro atoms. The Bertz CT molecular complexity index is 1370. The van der Waals surface area contributed by atoms with E-state index in [1.54, 1.807) is 29.7 Å². The lowest BCUT2D eigenvalue weighted by Crippen LogP contribution is -2.42. The molecule has 2 aromatic carbocycles. The molecule has 2 atom stereocenters. The van der Waals surface area contributed by atoms with Crippen LogP contribution in [0, 0.1) is 18.6 Å². The number of hydrogen-bond donors (Lipinski definition) is 0. The Morgan fingerprint density at radius 3 is 2.65 bits per heavy atom. The molecule has 5 rings (SSSR count). The van der Waals surface area contributed by atoms with Crippen molar-refractivity contribution < 1.29 is 18.3 Å². The summed E-state index contributed by atoms with van der Waals surface area (Å²) >= 11 is 5.98. The van der Waals surface area contributed by atoms with Crippen molar-refractivity contribution in [1.29, 1.82) is 0 Å². The highest BCUT2D eigenvalue weighted by atomic mass is 35.5. The summed E-state index contributed by atoms with van der Waals surface area (Å²) in [6.07, 6.45) is 4.18. The second-order valence-electron chi connectivity index (χ2n) is 8.84. The number of halogens is 3. The second kappa shape index (κ2) is 8.13. The zero-order valence-corrected chi connectivity index (χ0v) is 19.6. The molecule has 1 aromatic heterocycles. The zero-order chi connectivity index (χ0) is 24.2. The molecule has 0 N–H and O–H groups in total. The maximum Gasteiger partial charge on any atom is 0.352 e. The molecule has 3 heterocycles. The minimum Gasteiger partial charge on any atom is -0.473 e. The Morgan fingerprint density at radius 2 is 1.94 bits per heavy atom. The summed E-state index contributed by atoms with van der Waals surface area (Å²) in [6.45, 7) is 6.20. The predicted molar refractivity (Wildman–Crippen MR) is 125 cm³/mol. The van der Waals surface area contributed by atoms with Gasteiger partial charge in [0, 0.05) is 17.1 Å². The summed E-state index contributed by atoms with van der Waals surface area (Å²) < 4.78 is 42.0. The highest BCUT2D eigenvalue weighted by molar-refractivity contribution is 6.31. The van der Waals surface area contributed by atoms with Gasteiger partial charge in [-0.2, -0.15) is 4.98 Å².